The zero-order valence-corrected chi connectivity index (χ0v) is 10.4. The Morgan fingerprint density at radius 1 is 1.44 bits per heavy atom. The maximum atomic E-state index is 11.0. The van der Waals surface area contributed by atoms with Crippen LogP contribution in [0.5, 0.6) is 5.75 Å². The Kier molecular flexibility index (Phi) is 2.63. The van der Waals surface area contributed by atoms with E-state index in [1.165, 1.54) is 0 Å². The summed E-state index contributed by atoms with van der Waals surface area (Å²) in [6.07, 6.45) is 0. The molecule has 2 rings (SSSR count). The van der Waals surface area contributed by atoms with Crippen LogP contribution < -0.4 is 4.74 Å². The van der Waals surface area contributed by atoms with Gasteiger partial charge in [0, 0.05) is 16.9 Å². The van der Waals surface area contributed by atoms with Gasteiger partial charge in [-0.25, -0.2) is 4.79 Å². The van der Waals surface area contributed by atoms with Crippen LogP contribution in [0.15, 0.2) is 22.7 Å². The van der Waals surface area contributed by atoms with Crippen LogP contribution in [0.3, 0.4) is 0 Å². The summed E-state index contributed by atoms with van der Waals surface area (Å²) in [5, 5.41) is 9.87. The molecule has 0 aliphatic heterocycles. The van der Waals surface area contributed by atoms with E-state index in [0.29, 0.717) is 5.75 Å². The summed E-state index contributed by atoms with van der Waals surface area (Å²) in [5.74, 6) is -0.295. The van der Waals surface area contributed by atoms with E-state index in [-0.39, 0.29) is 5.69 Å². The number of aryl methyl sites for hydroxylation is 1. The average molecular weight is 284 g/mol. The Morgan fingerprint density at radius 3 is 2.69 bits per heavy atom. The van der Waals surface area contributed by atoms with Crippen molar-refractivity contribution in [3.05, 3.63) is 28.4 Å². The second kappa shape index (κ2) is 3.83. The van der Waals surface area contributed by atoms with Crippen molar-refractivity contribution in [2.75, 3.05) is 7.11 Å². The van der Waals surface area contributed by atoms with Crippen LogP contribution in [0.25, 0.3) is 10.9 Å². The summed E-state index contributed by atoms with van der Waals surface area (Å²) in [5.41, 5.74) is 1.02. The molecule has 0 saturated heterocycles. The van der Waals surface area contributed by atoms with Gasteiger partial charge in [-0.15, -0.1) is 0 Å². The van der Waals surface area contributed by atoms with Gasteiger partial charge in [-0.2, -0.15) is 0 Å². The van der Waals surface area contributed by atoms with Gasteiger partial charge in [0.1, 0.15) is 11.4 Å². The molecule has 16 heavy (non-hydrogen) atoms. The van der Waals surface area contributed by atoms with Crippen LogP contribution >= 0.6 is 15.9 Å². The molecule has 0 aliphatic carbocycles. The van der Waals surface area contributed by atoms with Crippen LogP contribution in [0.2, 0.25) is 0 Å². The van der Waals surface area contributed by atoms with Gasteiger partial charge in [0.2, 0.25) is 0 Å². The number of hydrogen-bond donors (Lipinski definition) is 1. The summed E-state index contributed by atoms with van der Waals surface area (Å²) in [6.45, 7) is 0. The minimum absolute atomic E-state index is 0.242. The molecular formula is C11H10BrNO3. The number of aromatic nitrogens is 1. The predicted molar refractivity (Wildman–Crippen MR) is 64.1 cm³/mol. The number of ether oxygens (including phenoxy) is 1. The highest BCUT2D eigenvalue weighted by molar-refractivity contribution is 9.10. The first kappa shape index (κ1) is 11.0. The van der Waals surface area contributed by atoms with Gasteiger partial charge in [-0.05, 0) is 18.2 Å². The molecule has 84 valence electrons. The molecule has 1 aromatic heterocycles. The molecule has 5 heteroatoms. The van der Waals surface area contributed by atoms with E-state index < -0.39 is 5.97 Å². The van der Waals surface area contributed by atoms with Crippen molar-refractivity contribution in [2.45, 2.75) is 0 Å². The molecule has 0 bridgehead atoms. The molecule has 0 aliphatic rings. The Hall–Kier alpha value is -1.49. The van der Waals surface area contributed by atoms with Crippen molar-refractivity contribution in [2.24, 2.45) is 7.05 Å². The normalized spacial score (nSPS) is 10.7. The topological polar surface area (TPSA) is 51.5 Å². The number of nitrogens with zero attached hydrogens (tertiary/aromatic N) is 1. The molecule has 0 amide bonds. The molecule has 1 N–H and O–H groups in total. The number of benzene rings is 1. The van der Waals surface area contributed by atoms with Crippen LogP contribution in [-0.2, 0) is 7.05 Å². The molecule has 4 nitrogen and oxygen atoms in total. The highest BCUT2D eigenvalue weighted by atomic mass is 79.9. The number of carbonyl (C=O) groups is 1. The van der Waals surface area contributed by atoms with Gasteiger partial charge in [-0.1, -0.05) is 15.9 Å². The summed E-state index contributed by atoms with van der Waals surface area (Å²) in [4.78, 5) is 11.0. The molecule has 0 saturated carbocycles. The average Bonchev–Trinajstić information content (AvgIpc) is 2.55. The third kappa shape index (κ3) is 1.57. The molecule has 2 aromatic rings. The second-order valence-corrected chi connectivity index (χ2v) is 4.36. The fourth-order valence-corrected chi connectivity index (χ4v) is 2.24. The number of halogens is 1. The maximum absolute atomic E-state index is 11.0. The number of rotatable bonds is 2. The van der Waals surface area contributed by atoms with Gasteiger partial charge in [0.15, 0.2) is 0 Å². The van der Waals surface area contributed by atoms with Crippen molar-refractivity contribution in [1.82, 2.24) is 4.57 Å². The number of hydrogen-bond acceptors (Lipinski definition) is 2. The Balaban J connectivity index is 2.85. The van der Waals surface area contributed by atoms with Crippen LogP contribution in [0, 0.1) is 0 Å². The third-order valence-corrected chi connectivity index (χ3v) is 2.96. The lowest BCUT2D eigenvalue weighted by atomic mass is 10.2. The molecular weight excluding hydrogens is 274 g/mol. The number of methoxy groups -OCH3 is 1. The molecule has 0 fully saturated rings. The lowest BCUT2D eigenvalue weighted by Crippen LogP contribution is -2.04. The zero-order valence-electron chi connectivity index (χ0n) is 8.82. The quantitative estimate of drug-likeness (QED) is 0.922. The number of fused-ring (bicyclic) bond motifs is 1. The number of carboxylic acids is 1. The van der Waals surface area contributed by atoms with Crippen LogP contribution in [0.1, 0.15) is 10.5 Å². The first-order valence-corrected chi connectivity index (χ1v) is 5.40. The number of carboxylic acid groups (broad SMARTS) is 1. The zero-order chi connectivity index (χ0) is 11.9. The molecule has 0 unspecified atom stereocenters. The van der Waals surface area contributed by atoms with Gasteiger partial charge in [-0.3, -0.25) is 0 Å². The number of aromatic carboxylic acids is 1. The third-order valence-electron chi connectivity index (χ3n) is 2.50. The van der Waals surface area contributed by atoms with E-state index in [2.05, 4.69) is 15.9 Å². The first-order valence-electron chi connectivity index (χ1n) is 4.61. The van der Waals surface area contributed by atoms with Crippen LogP contribution in [0.4, 0.5) is 0 Å². The van der Waals surface area contributed by atoms with Crippen LogP contribution in [-0.4, -0.2) is 22.8 Å². The first-order chi connectivity index (χ1) is 7.54. The van der Waals surface area contributed by atoms with Crippen molar-refractivity contribution in [3.63, 3.8) is 0 Å². The van der Waals surface area contributed by atoms with E-state index in [1.54, 1.807) is 24.8 Å². The summed E-state index contributed by atoms with van der Waals surface area (Å²) < 4.78 is 7.71. The lowest BCUT2D eigenvalue weighted by Gasteiger charge is -2.06. The molecule has 0 radical (unpaired) electrons. The smallest absolute Gasteiger partial charge is 0.352 e. The highest BCUT2D eigenvalue weighted by Crippen LogP contribution is 2.31. The molecule has 1 heterocycles. The monoisotopic (exact) mass is 283 g/mol. The van der Waals surface area contributed by atoms with Crippen molar-refractivity contribution in [3.8, 4) is 5.75 Å². The second-order valence-electron chi connectivity index (χ2n) is 3.44. The Bertz CT molecular complexity index is 574. The molecule has 0 atom stereocenters. The highest BCUT2D eigenvalue weighted by Gasteiger charge is 2.15. The van der Waals surface area contributed by atoms with Gasteiger partial charge < -0.3 is 14.4 Å². The summed E-state index contributed by atoms with van der Waals surface area (Å²) >= 11 is 3.36. The minimum Gasteiger partial charge on any atom is -0.495 e. The lowest BCUT2D eigenvalue weighted by molar-refractivity contribution is 0.0687. The Morgan fingerprint density at radius 2 is 2.12 bits per heavy atom. The van der Waals surface area contributed by atoms with Crippen molar-refractivity contribution >= 4 is 32.8 Å². The van der Waals surface area contributed by atoms with Crippen molar-refractivity contribution in [1.29, 1.82) is 0 Å². The SMILES string of the molecule is COc1cc(Br)cc2cc(C(=O)O)n(C)c12. The fraction of sp³-hybridized carbons (Fsp3) is 0.182. The standard InChI is InChI=1S/C11H10BrNO3/c1-13-8(11(14)15)4-6-3-7(12)5-9(16-2)10(6)13/h3-5H,1-2H3,(H,14,15). The van der Waals surface area contributed by atoms with E-state index in [4.69, 9.17) is 9.84 Å². The van der Waals surface area contributed by atoms with E-state index in [9.17, 15) is 4.79 Å². The van der Waals surface area contributed by atoms with Gasteiger partial charge in [0.25, 0.3) is 0 Å². The van der Waals surface area contributed by atoms with E-state index in [1.807, 2.05) is 12.1 Å². The van der Waals surface area contributed by atoms with Gasteiger partial charge in [0.05, 0.1) is 12.6 Å². The summed E-state index contributed by atoms with van der Waals surface area (Å²) in [7, 11) is 3.27. The van der Waals surface area contributed by atoms with Gasteiger partial charge >= 0.3 is 5.97 Å². The largest absolute Gasteiger partial charge is 0.495 e. The van der Waals surface area contributed by atoms with Crippen molar-refractivity contribution < 1.29 is 14.6 Å². The van der Waals surface area contributed by atoms with E-state index >= 15 is 0 Å². The van der Waals surface area contributed by atoms with E-state index in [0.717, 1.165) is 15.4 Å². The fourth-order valence-electron chi connectivity index (χ4n) is 1.79. The molecule has 1 aromatic carbocycles. The maximum Gasteiger partial charge on any atom is 0.352 e. The predicted octanol–water partition coefficient (Wildman–Crippen LogP) is 2.65. The molecule has 0 spiro atoms. The summed E-state index contributed by atoms with van der Waals surface area (Å²) in [6, 6.07) is 5.31. The minimum atomic E-state index is -0.947. The Labute approximate surface area is 101 Å².